The molecule has 128 valence electrons. The predicted octanol–water partition coefficient (Wildman–Crippen LogP) is 2.53. The Balaban J connectivity index is 0.000000413. The smallest absolute Gasteiger partial charge is 0.414 e. The Labute approximate surface area is 140 Å². The number of carboxylic acids is 2. The third-order valence-corrected chi connectivity index (χ3v) is 2.92. The monoisotopic (exact) mass is 331 g/mol. The van der Waals surface area contributed by atoms with Crippen molar-refractivity contribution in [2.45, 2.75) is 20.0 Å². The van der Waals surface area contributed by atoms with E-state index >= 15 is 0 Å². The first-order valence-electron chi connectivity index (χ1n) is 7.45. The highest BCUT2D eigenvalue weighted by Gasteiger charge is 2.04. The highest BCUT2D eigenvalue weighted by Crippen LogP contribution is 2.12. The number of hydrogen-bond acceptors (Lipinski definition) is 4. The Hall–Kier alpha value is -2.86. The van der Waals surface area contributed by atoms with Crippen LogP contribution >= 0.6 is 0 Å². The fourth-order valence-corrected chi connectivity index (χ4v) is 1.82. The molecule has 6 heteroatoms. The van der Waals surface area contributed by atoms with Gasteiger partial charge in [0.1, 0.15) is 5.75 Å². The molecule has 0 spiro atoms. The molecule has 2 aromatic carbocycles. The summed E-state index contributed by atoms with van der Waals surface area (Å²) in [4.78, 5) is 18.2. The van der Waals surface area contributed by atoms with Gasteiger partial charge in [0.15, 0.2) is 0 Å². The van der Waals surface area contributed by atoms with Gasteiger partial charge in [0, 0.05) is 13.1 Å². The molecule has 0 bridgehead atoms. The molecule has 6 nitrogen and oxygen atoms in total. The number of aliphatic carboxylic acids is 2. The van der Waals surface area contributed by atoms with Crippen molar-refractivity contribution < 1.29 is 24.5 Å². The van der Waals surface area contributed by atoms with Gasteiger partial charge in [-0.25, -0.2) is 9.59 Å². The summed E-state index contributed by atoms with van der Waals surface area (Å²) >= 11 is 0. The zero-order valence-corrected chi connectivity index (χ0v) is 13.4. The van der Waals surface area contributed by atoms with Crippen LogP contribution in [0.1, 0.15) is 18.1 Å². The van der Waals surface area contributed by atoms with Gasteiger partial charge in [-0.3, -0.25) is 0 Å². The average Bonchev–Trinajstić information content (AvgIpc) is 2.58. The van der Waals surface area contributed by atoms with Crippen molar-refractivity contribution in [2.75, 3.05) is 6.61 Å². The minimum Gasteiger partial charge on any atom is -0.494 e. The highest BCUT2D eigenvalue weighted by atomic mass is 16.5. The van der Waals surface area contributed by atoms with E-state index in [4.69, 9.17) is 24.5 Å². The summed E-state index contributed by atoms with van der Waals surface area (Å²) in [6, 6.07) is 18.7. The van der Waals surface area contributed by atoms with E-state index in [-0.39, 0.29) is 0 Å². The van der Waals surface area contributed by atoms with Crippen LogP contribution in [0.5, 0.6) is 5.75 Å². The first-order valence-corrected chi connectivity index (χ1v) is 7.45. The van der Waals surface area contributed by atoms with Crippen molar-refractivity contribution in [3.8, 4) is 5.75 Å². The van der Waals surface area contributed by atoms with Crippen LogP contribution in [0.25, 0.3) is 0 Å². The highest BCUT2D eigenvalue weighted by molar-refractivity contribution is 6.27. The summed E-state index contributed by atoms with van der Waals surface area (Å²) in [7, 11) is 0. The van der Waals surface area contributed by atoms with Crippen LogP contribution in [0, 0.1) is 0 Å². The van der Waals surface area contributed by atoms with Crippen LogP contribution in [-0.2, 0) is 22.7 Å². The van der Waals surface area contributed by atoms with Crippen molar-refractivity contribution in [2.24, 2.45) is 0 Å². The molecule has 0 heterocycles. The summed E-state index contributed by atoms with van der Waals surface area (Å²) < 4.78 is 5.41. The molecule has 24 heavy (non-hydrogen) atoms. The summed E-state index contributed by atoms with van der Waals surface area (Å²) in [5.41, 5.74) is 2.58. The van der Waals surface area contributed by atoms with E-state index in [0.29, 0.717) is 6.61 Å². The van der Waals surface area contributed by atoms with Crippen LogP contribution < -0.4 is 10.1 Å². The van der Waals surface area contributed by atoms with Gasteiger partial charge in [-0.05, 0) is 30.2 Å². The first-order chi connectivity index (χ1) is 11.5. The molecule has 0 saturated heterocycles. The van der Waals surface area contributed by atoms with Gasteiger partial charge in [0.2, 0.25) is 0 Å². The molecule has 2 aromatic rings. The number of carbonyl (C=O) groups is 2. The summed E-state index contributed by atoms with van der Waals surface area (Å²) in [6.07, 6.45) is 0. The molecule has 2 rings (SSSR count). The van der Waals surface area contributed by atoms with Crippen LogP contribution in [0.3, 0.4) is 0 Å². The lowest BCUT2D eigenvalue weighted by molar-refractivity contribution is -0.159. The second-order valence-corrected chi connectivity index (χ2v) is 4.78. The van der Waals surface area contributed by atoms with Crippen molar-refractivity contribution in [1.82, 2.24) is 5.32 Å². The number of ether oxygens (including phenoxy) is 1. The lowest BCUT2D eigenvalue weighted by Crippen LogP contribution is -2.12. The fourth-order valence-electron chi connectivity index (χ4n) is 1.82. The zero-order chi connectivity index (χ0) is 17.8. The second kappa shape index (κ2) is 10.8. The Morgan fingerprint density at radius 2 is 1.38 bits per heavy atom. The Bertz CT molecular complexity index is 614. The second-order valence-electron chi connectivity index (χ2n) is 4.78. The molecule has 0 aromatic heterocycles. The minimum atomic E-state index is -1.82. The van der Waals surface area contributed by atoms with Crippen molar-refractivity contribution in [3.63, 3.8) is 0 Å². The molecule has 0 aliphatic rings. The topological polar surface area (TPSA) is 95.9 Å². The van der Waals surface area contributed by atoms with Gasteiger partial charge in [-0.15, -0.1) is 0 Å². The molecule has 0 amide bonds. The van der Waals surface area contributed by atoms with Gasteiger partial charge in [0.05, 0.1) is 6.61 Å². The lowest BCUT2D eigenvalue weighted by atomic mass is 10.2. The first kappa shape index (κ1) is 19.2. The van der Waals surface area contributed by atoms with Gasteiger partial charge in [0.25, 0.3) is 0 Å². The number of benzene rings is 2. The van der Waals surface area contributed by atoms with Gasteiger partial charge >= 0.3 is 11.9 Å². The molecular formula is C18H21NO5. The fraction of sp³-hybridized carbons (Fsp3) is 0.222. The van der Waals surface area contributed by atoms with E-state index in [1.165, 1.54) is 11.1 Å². The molecule has 0 atom stereocenters. The number of nitrogens with one attached hydrogen (secondary N) is 1. The predicted molar refractivity (Wildman–Crippen MR) is 89.9 cm³/mol. The molecule has 0 aliphatic heterocycles. The van der Waals surface area contributed by atoms with E-state index < -0.39 is 11.9 Å². The summed E-state index contributed by atoms with van der Waals surface area (Å²) in [5.74, 6) is -2.71. The average molecular weight is 331 g/mol. The molecular weight excluding hydrogens is 310 g/mol. The van der Waals surface area contributed by atoms with Gasteiger partial charge in [-0.2, -0.15) is 0 Å². The van der Waals surface area contributed by atoms with E-state index in [0.717, 1.165) is 18.8 Å². The lowest BCUT2D eigenvalue weighted by Gasteiger charge is -2.07. The largest absolute Gasteiger partial charge is 0.494 e. The van der Waals surface area contributed by atoms with E-state index in [9.17, 15) is 0 Å². The van der Waals surface area contributed by atoms with Crippen molar-refractivity contribution in [3.05, 3.63) is 65.7 Å². The van der Waals surface area contributed by atoms with E-state index in [2.05, 4.69) is 41.7 Å². The van der Waals surface area contributed by atoms with Crippen LogP contribution in [0.15, 0.2) is 54.6 Å². The SMILES string of the molecule is CCOc1ccc(CNCc2ccccc2)cc1.O=C(O)C(=O)O. The maximum absolute atomic E-state index is 9.10. The normalized spacial score (nSPS) is 9.54. The van der Waals surface area contributed by atoms with E-state index in [1.54, 1.807) is 0 Å². The third-order valence-electron chi connectivity index (χ3n) is 2.92. The Morgan fingerprint density at radius 3 is 1.83 bits per heavy atom. The van der Waals surface area contributed by atoms with Gasteiger partial charge < -0.3 is 20.3 Å². The minimum absolute atomic E-state index is 0.714. The maximum atomic E-state index is 9.10. The maximum Gasteiger partial charge on any atom is 0.414 e. The number of hydrogen-bond donors (Lipinski definition) is 3. The standard InChI is InChI=1S/C16H19NO.C2H2O4/c1-2-18-16-10-8-15(9-11-16)13-17-12-14-6-4-3-5-7-14;3-1(4)2(5)6/h3-11,17H,2,12-13H2,1H3;(H,3,4)(H,5,6). The molecule has 0 unspecified atom stereocenters. The zero-order valence-electron chi connectivity index (χ0n) is 13.4. The molecule has 0 radical (unpaired) electrons. The third kappa shape index (κ3) is 7.95. The molecule has 0 fully saturated rings. The molecule has 3 N–H and O–H groups in total. The van der Waals surface area contributed by atoms with Crippen molar-refractivity contribution >= 4 is 11.9 Å². The van der Waals surface area contributed by atoms with Crippen molar-refractivity contribution in [1.29, 1.82) is 0 Å². The van der Waals surface area contributed by atoms with Gasteiger partial charge in [-0.1, -0.05) is 42.5 Å². The van der Waals surface area contributed by atoms with E-state index in [1.807, 2.05) is 25.1 Å². The number of carboxylic acid groups (broad SMARTS) is 2. The molecule has 0 aliphatic carbocycles. The van der Waals surface area contributed by atoms with Crippen LogP contribution in [0.2, 0.25) is 0 Å². The Kier molecular flexibility index (Phi) is 8.63. The molecule has 0 saturated carbocycles. The quantitative estimate of drug-likeness (QED) is 0.704. The van der Waals surface area contributed by atoms with Crippen LogP contribution in [0.4, 0.5) is 0 Å². The van der Waals surface area contributed by atoms with Crippen LogP contribution in [-0.4, -0.2) is 28.8 Å². The summed E-state index contributed by atoms with van der Waals surface area (Å²) in [6.45, 7) is 4.48. The Morgan fingerprint density at radius 1 is 0.875 bits per heavy atom. The summed E-state index contributed by atoms with van der Waals surface area (Å²) in [5, 5.41) is 18.2. The number of rotatable bonds is 6.